The van der Waals surface area contributed by atoms with Crippen LogP contribution in [0.15, 0.2) is 23.0 Å². The van der Waals surface area contributed by atoms with Gasteiger partial charge in [-0.3, -0.25) is 9.59 Å². The smallest absolute Gasteiger partial charge is 0.273 e. The number of aromatic nitrogens is 1. The van der Waals surface area contributed by atoms with Gasteiger partial charge in [0.15, 0.2) is 11.5 Å². The molecule has 1 aromatic heterocycles. The molecule has 7 nitrogen and oxygen atoms in total. The summed E-state index contributed by atoms with van der Waals surface area (Å²) in [6.07, 6.45) is 0.762. The summed E-state index contributed by atoms with van der Waals surface area (Å²) in [6, 6.07) is 3.72. The molecule has 0 aliphatic carbocycles. The Hall–Kier alpha value is -2.61. The monoisotopic (exact) mass is 373 g/mol. The van der Waals surface area contributed by atoms with E-state index in [0.717, 1.165) is 17.5 Å². The van der Waals surface area contributed by atoms with Gasteiger partial charge in [0.2, 0.25) is 5.91 Å². The molecule has 0 saturated carbocycles. The summed E-state index contributed by atoms with van der Waals surface area (Å²) in [5.41, 5.74) is 4.15. The van der Waals surface area contributed by atoms with Gasteiger partial charge in [-0.2, -0.15) is 0 Å². The number of ether oxygens (including phenoxy) is 2. The molecule has 2 aromatic rings. The number of thiazole rings is 1. The highest BCUT2D eigenvalue weighted by molar-refractivity contribution is 7.07. The third kappa shape index (κ3) is 2.70. The van der Waals surface area contributed by atoms with Crippen molar-refractivity contribution in [3.05, 3.63) is 39.8 Å². The first-order chi connectivity index (χ1) is 12.6. The Kier molecular flexibility index (Phi) is 4.28. The predicted molar refractivity (Wildman–Crippen MR) is 95.7 cm³/mol. The van der Waals surface area contributed by atoms with Crippen LogP contribution in [0.2, 0.25) is 0 Å². The lowest BCUT2D eigenvalue weighted by molar-refractivity contribution is -0.139. The standard InChI is InChI=1S/C18H19N3O4S/c1-24-15-5-11-3-4-21-14(12(11)6-16(15)25-2)7-20(8-17(21)22)18(23)13-9-26-10-19-13/h5-6,9-10,14H,3-4,7-8H2,1-2H3/t14-/m1/s1. The van der Waals surface area contributed by atoms with Crippen LogP contribution in [0.5, 0.6) is 11.5 Å². The summed E-state index contributed by atoms with van der Waals surface area (Å²) in [5, 5.41) is 1.71. The molecule has 1 fully saturated rings. The SMILES string of the molecule is COc1cc2c(cc1OC)[C@H]1CN(C(=O)c3cscn3)CC(=O)N1CC2. The van der Waals surface area contributed by atoms with Crippen molar-refractivity contribution in [2.75, 3.05) is 33.9 Å². The topological polar surface area (TPSA) is 72.0 Å². The fourth-order valence-electron chi connectivity index (χ4n) is 3.69. The fraction of sp³-hybridized carbons (Fsp3) is 0.389. The van der Waals surface area contributed by atoms with Gasteiger partial charge >= 0.3 is 0 Å². The van der Waals surface area contributed by atoms with E-state index in [2.05, 4.69) is 4.98 Å². The van der Waals surface area contributed by atoms with Gasteiger partial charge in [0.1, 0.15) is 12.2 Å². The average molecular weight is 373 g/mol. The van der Waals surface area contributed by atoms with Crippen molar-refractivity contribution in [2.45, 2.75) is 12.5 Å². The quantitative estimate of drug-likeness (QED) is 0.820. The Morgan fingerprint density at radius 3 is 2.73 bits per heavy atom. The molecule has 0 N–H and O–H groups in total. The average Bonchev–Trinajstić information content (AvgIpc) is 3.20. The minimum absolute atomic E-state index is 0.0368. The lowest BCUT2D eigenvalue weighted by Crippen LogP contribution is -2.55. The number of methoxy groups -OCH3 is 2. The second-order valence-corrected chi connectivity index (χ2v) is 7.04. The van der Waals surface area contributed by atoms with Crippen molar-refractivity contribution in [3.63, 3.8) is 0 Å². The minimum Gasteiger partial charge on any atom is -0.493 e. The zero-order valence-electron chi connectivity index (χ0n) is 14.6. The Labute approximate surface area is 155 Å². The molecule has 2 aliphatic rings. The van der Waals surface area contributed by atoms with Gasteiger partial charge in [-0.1, -0.05) is 0 Å². The maximum absolute atomic E-state index is 12.7. The molecule has 2 aliphatic heterocycles. The number of rotatable bonds is 3. The van der Waals surface area contributed by atoms with Gasteiger partial charge < -0.3 is 19.3 Å². The number of carbonyl (C=O) groups excluding carboxylic acids is 2. The van der Waals surface area contributed by atoms with Crippen LogP contribution in [0.25, 0.3) is 0 Å². The number of piperazine rings is 1. The lowest BCUT2D eigenvalue weighted by atomic mass is 9.90. The van der Waals surface area contributed by atoms with Crippen LogP contribution in [-0.4, -0.2) is 60.5 Å². The largest absolute Gasteiger partial charge is 0.493 e. The van der Waals surface area contributed by atoms with E-state index < -0.39 is 0 Å². The number of amides is 2. The van der Waals surface area contributed by atoms with Crippen LogP contribution in [0, 0.1) is 0 Å². The summed E-state index contributed by atoms with van der Waals surface area (Å²) in [4.78, 5) is 32.9. The summed E-state index contributed by atoms with van der Waals surface area (Å²) in [5.74, 6) is 1.07. The van der Waals surface area contributed by atoms with E-state index in [0.29, 0.717) is 30.3 Å². The summed E-state index contributed by atoms with van der Waals surface area (Å²) >= 11 is 1.37. The molecule has 0 unspecified atom stereocenters. The third-order valence-electron chi connectivity index (χ3n) is 4.98. The molecule has 2 amide bonds. The lowest BCUT2D eigenvalue weighted by Gasteiger charge is -2.44. The van der Waals surface area contributed by atoms with Crippen molar-refractivity contribution in [3.8, 4) is 11.5 Å². The van der Waals surface area contributed by atoms with Crippen molar-refractivity contribution in [2.24, 2.45) is 0 Å². The van der Waals surface area contributed by atoms with Gasteiger partial charge in [0, 0.05) is 18.5 Å². The molecule has 0 spiro atoms. The molecule has 0 bridgehead atoms. The highest BCUT2D eigenvalue weighted by atomic mass is 32.1. The molecular formula is C18H19N3O4S. The maximum Gasteiger partial charge on any atom is 0.273 e. The van der Waals surface area contributed by atoms with E-state index in [1.165, 1.54) is 11.3 Å². The van der Waals surface area contributed by atoms with E-state index in [1.807, 2.05) is 17.0 Å². The zero-order chi connectivity index (χ0) is 18.3. The normalized spacial score (nSPS) is 19.0. The molecule has 1 atom stereocenters. The molecule has 1 saturated heterocycles. The first-order valence-corrected chi connectivity index (χ1v) is 9.28. The Balaban J connectivity index is 1.69. The number of benzene rings is 1. The van der Waals surface area contributed by atoms with E-state index in [1.54, 1.807) is 30.0 Å². The number of fused-ring (bicyclic) bond motifs is 3. The maximum atomic E-state index is 12.7. The van der Waals surface area contributed by atoms with E-state index >= 15 is 0 Å². The number of hydrogen-bond donors (Lipinski definition) is 0. The summed E-state index contributed by atoms with van der Waals surface area (Å²) in [7, 11) is 3.20. The van der Waals surface area contributed by atoms with E-state index in [-0.39, 0.29) is 24.4 Å². The highest BCUT2D eigenvalue weighted by Crippen LogP contribution is 2.39. The van der Waals surface area contributed by atoms with Crippen molar-refractivity contribution < 1.29 is 19.1 Å². The second kappa shape index (κ2) is 6.60. The Morgan fingerprint density at radius 1 is 1.27 bits per heavy atom. The molecule has 136 valence electrons. The van der Waals surface area contributed by atoms with Crippen molar-refractivity contribution in [1.29, 1.82) is 0 Å². The summed E-state index contributed by atoms with van der Waals surface area (Å²) < 4.78 is 10.8. The molecule has 0 radical (unpaired) electrons. The number of hydrogen-bond acceptors (Lipinski definition) is 6. The van der Waals surface area contributed by atoms with Gasteiger partial charge in [-0.05, 0) is 29.7 Å². The molecular weight excluding hydrogens is 354 g/mol. The van der Waals surface area contributed by atoms with Crippen LogP contribution in [0.4, 0.5) is 0 Å². The van der Waals surface area contributed by atoms with Crippen LogP contribution in [0.1, 0.15) is 27.7 Å². The van der Waals surface area contributed by atoms with Gasteiger partial charge in [0.05, 0.1) is 25.8 Å². The molecule has 4 rings (SSSR count). The van der Waals surface area contributed by atoms with Crippen LogP contribution < -0.4 is 9.47 Å². The van der Waals surface area contributed by atoms with Gasteiger partial charge in [-0.25, -0.2) is 4.98 Å². The molecule has 3 heterocycles. The first kappa shape index (κ1) is 16.8. The molecule has 8 heteroatoms. The fourth-order valence-corrected chi connectivity index (χ4v) is 4.21. The summed E-state index contributed by atoms with van der Waals surface area (Å²) in [6.45, 7) is 1.19. The van der Waals surface area contributed by atoms with Crippen LogP contribution >= 0.6 is 11.3 Å². The van der Waals surface area contributed by atoms with Gasteiger partial charge in [-0.15, -0.1) is 11.3 Å². The zero-order valence-corrected chi connectivity index (χ0v) is 15.4. The van der Waals surface area contributed by atoms with Crippen LogP contribution in [-0.2, 0) is 11.2 Å². The second-order valence-electron chi connectivity index (χ2n) is 6.32. The van der Waals surface area contributed by atoms with Crippen molar-refractivity contribution >= 4 is 23.2 Å². The van der Waals surface area contributed by atoms with Gasteiger partial charge in [0.25, 0.3) is 5.91 Å². The van der Waals surface area contributed by atoms with Crippen LogP contribution in [0.3, 0.4) is 0 Å². The number of nitrogens with zero attached hydrogens (tertiary/aromatic N) is 3. The predicted octanol–water partition coefficient (Wildman–Crippen LogP) is 1.74. The molecule has 26 heavy (non-hydrogen) atoms. The third-order valence-corrected chi connectivity index (χ3v) is 5.57. The van der Waals surface area contributed by atoms with Crippen molar-refractivity contribution in [1.82, 2.24) is 14.8 Å². The highest BCUT2D eigenvalue weighted by Gasteiger charge is 2.39. The Morgan fingerprint density at radius 2 is 2.04 bits per heavy atom. The minimum atomic E-state index is -0.202. The Bertz CT molecular complexity index is 852. The van der Waals surface area contributed by atoms with E-state index in [4.69, 9.17) is 9.47 Å². The number of carbonyl (C=O) groups is 2. The van der Waals surface area contributed by atoms with E-state index in [9.17, 15) is 9.59 Å². The first-order valence-electron chi connectivity index (χ1n) is 8.34. The molecule has 1 aromatic carbocycles.